The molecule has 0 aliphatic heterocycles. The topological polar surface area (TPSA) is 0 Å². The molecule has 1 atom stereocenters. The van der Waals surface area contributed by atoms with E-state index in [1.165, 1.54) is 6.07 Å². The minimum Gasteiger partial charge on any atom is -0.170 e. The van der Waals surface area contributed by atoms with E-state index in [1.807, 2.05) is 0 Å². The molecule has 9 heteroatoms. The summed E-state index contributed by atoms with van der Waals surface area (Å²) in [5, 5.41) is -0.397. The summed E-state index contributed by atoms with van der Waals surface area (Å²) in [6, 6.07) is 6.00. The van der Waals surface area contributed by atoms with E-state index in [-0.39, 0.29) is 26.2 Å². The molecule has 0 aliphatic rings. The molecule has 26 heavy (non-hydrogen) atoms. The molecule has 0 amide bonds. The van der Waals surface area contributed by atoms with Gasteiger partial charge in [-0.25, -0.2) is 0 Å². The van der Waals surface area contributed by atoms with Crippen molar-refractivity contribution in [1.82, 2.24) is 0 Å². The summed E-state index contributed by atoms with van der Waals surface area (Å²) < 4.78 is 78.3. The van der Waals surface area contributed by atoms with Gasteiger partial charge in [-0.15, -0.1) is 0 Å². The van der Waals surface area contributed by atoms with Crippen LogP contribution in [0.25, 0.3) is 6.08 Å². The van der Waals surface area contributed by atoms with Gasteiger partial charge in [-0.2, -0.15) is 26.3 Å². The van der Waals surface area contributed by atoms with Crippen LogP contribution < -0.4 is 0 Å². The Balaban J connectivity index is 2.43. The molecule has 2 aromatic rings. The number of alkyl halides is 6. The average Bonchev–Trinajstić information content (AvgIpc) is 2.51. The molecule has 0 saturated carbocycles. The van der Waals surface area contributed by atoms with Gasteiger partial charge in [0.15, 0.2) is 0 Å². The van der Waals surface area contributed by atoms with Crippen molar-refractivity contribution >= 4 is 40.9 Å². The third-order valence-corrected chi connectivity index (χ3v) is 4.61. The van der Waals surface area contributed by atoms with E-state index in [1.54, 1.807) is 0 Å². The van der Waals surface area contributed by atoms with Crippen molar-refractivity contribution in [2.75, 3.05) is 0 Å². The summed E-state index contributed by atoms with van der Waals surface area (Å²) in [4.78, 5) is 0. The Bertz CT molecular complexity index is 801. The fraction of sp³-hybridized carbons (Fsp3) is 0.176. The van der Waals surface area contributed by atoms with Gasteiger partial charge in [0.05, 0.1) is 26.5 Å². The third-order valence-electron chi connectivity index (χ3n) is 3.41. The van der Waals surface area contributed by atoms with Crippen molar-refractivity contribution in [1.29, 1.82) is 0 Å². The molecular weight excluding hydrogens is 425 g/mol. The Hall–Kier alpha value is -1.37. The summed E-state index contributed by atoms with van der Waals surface area (Å²) in [5.41, 5.74) is -1.26. The predicted octanol–water partition coefficient (Wildman–Crippen LogP) is 8.02. The second kappa shape index (κ2) is 7.71. The zero-order chi connectivity index (χ0) is 19.7. The molecule has 0 bridgehead atoms. The van der Waals surface area contributed by atoms with Crippen LogP contribution >= 0.6 is 34.8 Å². The van der Waals surface area contributed by atoms with Gasteiger partial charge in [-0.3, -0.25) is 0 Å². The largest absolute Gasteiger partial charge is 0.416 e. The van der Waals surface area contributed by atoms with Crippen LogP contribution in [-0.4, -0.2) is 6.18 Å². The maximum absolute atomic E-state index is 13.4. The van der Waals surface area contributed by atoms with Crippen LogP contribution in [0.15, 0.2) is 42.5 Å². The predicted molar refractivity (Wildman–Crippen MR) is 90.7 cm³/mol. The lowest BCUT2D eigenvalue weighted by Crippen LogP contribution is -2.19. The second-order valence-electron chi connectivity index (χ2n) is 5.30. The Morgan fingerprint density at radius 2 is 1.42 bits per heavy atom. The third kappa shape index (κ3) is 5.09. The summed E-state index contributed by atoms with van der Waals surface area (Å²) in [5.74, 6) is -2.12. The number of hydrogen-bond acceptors (Lipinski definition) is 0. The molecular formula is C17H9Cl3F6. The van der Waals surface area contributed by atoms with Crippen LogP contribution in [0, 0.1) is 0 Å². The highest BCUT2D eigenvalue weighted by Gasteiger charge is 2.39. The van der Waals surface area contributed by atoms with Crippen molar-refractivity contribution < 1.29 is 26.3 Å². The van der Waals surface area contributed by atoms with Crippen LogP contribution in [0.1, 0.15) is 22.6 Å². The van der Waals surface area contributed by atoms with E-state index in [0.29, 0.717) is 0 Å². The highest BCUT2D eigenvalue weighted by atomic mass is 35.5. The summed E-state index contributed by atoms with van der Waals surface area (Å²) in [6.07, 6.45) is -7.60. The highest BCUT2D eigenvalue weighted by Crippen LogP contribution is 2.41. The van der Waals surface area contributed by atoms with Gasteiger partial charge in [0.1, 0.15) is 0 Å². The molecule has 0 aromatic heterocycles. The van der Waals surface area contributed by atoms with Gasteiger partial charge in [0.25, 0.3) is 0 Å². The van der Waals surface area contributed by atoms with Crippen molar-refractivity contribution in [3.63, 3.8) is 0 Å². The number of allylic oxidation sites excluding steroid dienone is 1. The van der Waals surface area contributed by atoms with E-state index >= 15 is 0 Å². The van der Waals surface area contributed by atoms with Gasteiger partial charge >= 0.3 is 12.4 Å². The van der Waals surface area contributed by atoms with Crippen LogP contribution in [0.4, 0.5) is 26.3 Å². The molecule has 2 aromatic carbocycles. The fourth-order valence-corrected chi connectivity index (χ4v) is 2.80. The van der Waals surface area contributed by atoms with Crippen LogP contribution in [0.2, 0.25) is 15.1 Å². The first-order valence-electron chi connectivity index (χ1n) is 6.96. The molecule has 0 radical (unpaired) electrons. The molecule has 1 unspecified atom stereocenters. The van der Waals surface area contributed by atoms with Crippen molar-refractivity contribution in [3.8, 4) is 0 Å². The van der Waals surface area contributed by atoms with Gasteiger partial charge in [-0.05, 0) is 35.4 Å². The lowest BCUT2D eigenvalue weighted by Gasteiger charge is -2.18. The van der Waals surface area contributed by atoms with E-state index < -0.39 is 23.8 Å². The number of benzene rings is 2. The van der Waals surface area contributed by atoms with Crippen molar-refractivity contribution in [2.24, 2.45) is 0 Å². The van der Waals surface area contributed by atoms with Gasteiger partial charge in [-0.1, -0.05) is 59.1 Å². The molecule has 0 aliphatic carbocycles. The Morgan fingerprint density at radius 1 is 0.846 bits per heavy atom. The molecule has 0 nitrogen and oxygen atoms in total. The quantitative estimate of drug-likeness (QED) is 0.339. The molecule has 140 valence electrons. The Kier molecular flexibility index (Phi) is 6.20. The first-order chi connectivity index (χ1) is 11.9. The van der Waals surface area contributed by atoms with Gasteiger partial charge < -0.3 is 0 Å². The maximum atomic E-state index is 13.4. The molecule has 0 heterocycles. The second-order valence-corrected chi connectivity index (χ2v) is 6.49. The van der Waals surface area contributed by atoms with Crippen molar-refractivity contribution in [3.05, 3.63) is 74.2 Å². The number of hydrogen-bond donors (Lipinski definition) is 0. The van der Waals surface area contributed by atoms with E-state index in [9.17, 15) is 26.3 Å². The monoisotopic (exact) mass is 432 g/mol. The smallest absolute Gasteiger partial charge is 0.170 e. The SMILES string of the molecule is FC(F)(F)c1cccc(/C=C/C(c2cc(Cl)c(Cl)c(Cl)c2)C(F)(F)F)c1. The van der Waals surface area contributed by atoms with Crippen LogP contribution in [0.3, 0.4) is 0 Å². The van der Waals surface area contributed by atoms with Gasteiger partial charge in [0.2, 0.25) is 0 Å². The molecule has 0 spiro atoms. The summed E-state index contributed by atoms with van der Waals surface area (Å²) in [7, 11) is 0. The van der Waals surface area contributed by atoms with E-state index in [0.717, 1.165) is 42.5 Å². The molecule has 2 rings (SSSR count). The lowest BCUT2D eigenvalue weighted by atomic mass is 9.97. The lowest BCUT2D eigenvalue weighted by molar-refractivity contribution is -0.139. The molecule has 0 N–H and O–H groups in total. The minimum atomic E-state index is -4.71. The minimum absolute atomic E-state index is 0.0276. The van der Waals surface area contributed by atoms with E-state index in [4.69, 9.17) is 34.8 Å². The first-order valence-corrected chi connectivity index (χ1v) is 8.09. The van der Waals surface area contributed by atoms with Crippen LogP contribution in [0.5, 0.6) is 0 Å². The fourth-order valence-electron chi connectivity index (χ4n) is 2.19. The summed E-state index contributed by atoms with van der Waals surface area (Å²) >= 11 is 17.3. The Morgan fingerprint density at radius 3 is 1.92 bits per heavy atom. The normalized spacial score (nSPS) is 14.0. The standard InChI is InChI=1S/C17H9Cl3F6/c18-13-7-10(8-14(19)15(13)20)12(17(24,25)26)5-4-9-2-1-3-11(6-9)16(21,22)23/h1-8,12H/b5-4+. The summed E-state index contributed by atoms with van der Waals surface area (Å²) in [6.45, 7) is 0. The van der Waals surface area contributed by atoms with Gasteiger partial charge in [0, 0.05) is 0 Å². The zero-order valence-corrected chi connectivity index (χ0v) is 14.9. The molecule has 0 fully saturated rings. The van der Waals surface area contributed by atoms with E-state index in [2.05, 4.69) is 0 Å². The van der Waals surface area contributed by atoms with Crippen LogP contribution in [-0.2, 0) is 6.18 Å². The van der Waals surface area contributed by atoms with Crippen molar-refractivity contribution in [2.45, 2.75) is 18.3 Å². The Labute approximate surface area is 160 Å². The number of halogens is 9. The number of rotatable bonds is 3. The average molecular weight is 434 g/mol. The first kappa shape index (κ1) is 20.9. The zero-order valence-electron chi connectivity index (χ0n) is 12.6. The maximum Gasteiger partial charge on any atom is 0.416 e. The molecule has 0 saturated heterocycles. The highest BCUT2D eigenvalue weighted by molar-refractivity contribution is 6.48.